The topological polar surface area (TPSA) is 62.6 Å². The van der Waals surface area contributed by atoms with E-state index < -0.39 is 0 Å². The lowest BCUT2D eigenvalue weighted by Crippen LogP contribution is -2.36. The Morgan fingerprint density at radius 3 is 2.50 bits per heavy atom. The van der Waals surface area contributed by atoms with E-state index in [1.54, 1.807) is 6.07 Å². The van der Waals surface area contributed by atoms with Crippen molar-refractivity contribution < 1.29 is 14.0 Å². The third-order valence-electron chi connectivity index (χ3n) is 3.62. The van der Waals surface area contributed by atoms with E-state index in [0.29, 0.717) is 18.5 Å². The first kappa shape index (κ1) is 14.6. The molecule has 1 aliphatic heterocycles. The van der Waals surface area contributed by atoms with E-state index >= 15 is 0 Å². The fraction of sp³-hybridized carbons (Fsp3) is 0.600. The Hall–Kier alpha value is -1.78. The van der Waals surface area contributed by atoms with Crippen LogP contribution < -0.4 is 5.32 Å². The van der Waals surface area contributed by atoms with Crippen molar-refractivity contribution in [3.8, 4) is 0 Å². The number of likely N-dealkylation sites (tertiary alicyclic amines) is 1. The van der Waals surface area contributed by atoms with Gasteiger partial charge in [-0.15, -0.1) is 0 Å². The van der Waals surface area contributed by atoms with E-state index in [0.717, 1.165) is 25.9 Å². The van der Waals surface area contributed by atoms with Crippen LogP contribution in [0.4, 0.5) is 0 Å². The van der Waals surface area contributed by atoms with Crippen LogP contribution in [0.1, 0.15) is 48.9 Å². The van der Waals surface area contributed by atoms with Gasteiger partial charge in [-0.2, -0.15) is 0 Å². The van der Waals surface area contributed by atoms with Crippen LogP contribution in [0.25, 0.3) is 0 Å². The number of nitrogens with zero attached hydrogens (tertiary/aromatic N) is 1. The second-order valence-electron chi connectivity index (χ2n) is 5.17. The molecule has 20 heavy (non-hydrogen) atoms. The first-order chi connectivity index (χ1) is 9.77. The molecule has 0 aliphatic carbocycles. The molecule has 1 N–H and O–H groups in total. The molecule has 0 saturated carbocycles. The predicted molar refractivity (Wildman–Crippen MR) is 75.3 cm³/mol. The fourth-order valence-electron chi connectivity index (χ4n) is 2.43. The standard InChI is InChI=1S/C15H22N2O3/c18-14(17-9-4-2-1-3-5-10-17)6-8-16-15(19)13-7-11-20-12-13/h7,11-12H,1-6,8-10H2,(H,16,19). The van der Waals surface area contributed by atoms with Crippen molar-refractivity contribution in [3.63, 3.8) is 0 Å². The lowest BCUT2D eigenvalue weighted by atomic mass is 10.1. The van der Waals surface area contributed by atoms with Gasteiger partial charge in [-0.25, -0.2) is 0 Å². The molecule has 0 radical (unpaired) electrons. The molecule has 0 spiro atoms. The highest BCUT2D eigenvalue weighted by molar-refractivity contribution is 5.94. The van der Waals surface area contributed by atoms with Gasteiger partial charge in [-0.05, 0) is 18.9 Å². The molecule has 1 saturated heterocycles. The molecule has 1 aliphatic rings. The summed E-state index contributed by atoms with van der Waals surface area (Å²) in [6.07, 6.45) is 9.10. The van der Waals surface area contributed by atoms with Crippen LogP contribution in [0.3, 0.4) is 0 Å². The highest BCUT2D eigenvalue weighted by atomic mass is 16.3. The van der Waals surface area contributed by atoms with E-state index in [1.807, 2.05) is 4.90 Å². The molecule has 2 rings (SSSR count). The minimum absolute atomic E-state index is 0.138. The van der Waals surface area contributed by atoms with Gasteiger partial charge in [0.15, 0.2) is 0 Å². The Labute approximate surface area is 119 Å². The van der Waals surface area contributed by atoms with Gasteiger partial charge >= 0.3 is 0 Å². The van der Waals surface area contributed by atoms with E-state index in [2.05, 4.69) is 5.32 Å². The van der Waals surface area contributed by atoms with Crippen molar-refractivity contribution in [1.29, 1.82) is 0 Å². The van der Waals surface area contributed by atoms with Gasteiger partial charge in [-0.3, -0.25) is 9.59 Å². The SMILES string of the molecule is O=C(NCCC(=O)N1CCCCCCC1)c1ccoc1. The third kappa shape index (κ3) is 4.40. The molecule has 0 unspecified atom stereocenters. The molecular weight excluding hydrogens is 256 g/mol. The second-order valence-corrected chi connectivity index (χ2v) is 5.17. The summed E-state index contributed by atoms with van der Waals surface area (Å²) in [6, 6.07) is 1.61. The van der Waals surface area contributed by atoms with Crippen LogP contribution in [0.5, 0.6) is 0 Å². The highest BCUT2D eigenvalue weighted by Gasteiger charge is 2.15. The first-order valence-corrected chi connectivity index (χ1v) is 7.35. The smallest absolute Gasteiger partial charge is 0.254 e. The molecule has 1 fully saturated rings. The van der Waals surface area contributed by atoms with Gasteiger partial charge in [0.25, 0.3) is 5.91 Å². The van der Waals surface area contributed by atoms with Crippen molar-refractivity contribution in [2.45, 2.75) is 38.5 Å². The molecule has 0 bridgehead atoms. The largest absolute Gasteiger partial charge is 0.472 e. The molecule has 1 aromatic heterocycles. The average Bonchev–Trinajstić information content (AvgIpc) is 2.91. The molecule has 110 valence electrons. The normalized spacial score (nSPS) is 16.3. The number of nitrogens with one attached hydrogen (secondary N) is 1. The van der Waals surface area contributed by atoms with Gasteiger partial charge in [0, 0.05) is 26.1 Å². The second kappa shape index (κ2) is 7.72. The summed E-state index contributed by atoms with van der Waals surface area (Å²) in [5.41, 5.74) is 0.490. The van der Waals surface area contributed by atoms with Gasteiger partial charge in [-0.1, -0.05) is 19.3 Å². The number of carbonyl (C=O) groups excluding carboxylic acids is 2. The maximum absolute atomic E-state index is 12.1. The monoisotopic (exact) mass is 278 g/mol. The summed E-state index contributed by atoms with van der Waals surface area (Å²) in [6.45, 7) is 2.09. The molecule has 2 amide bonds. The van der Waals surface area contributed by atoms with Gasteiger partial charge in [0.1, 0.15) is 6.26 Å². The van der Waals surface area contributed by atoms with Gasteiger partial charge < -0.3 is 14.6 Å². The zero-order chi connectivity index (χ0) is 14.2. The van der Waals surface area contributed by atoms with Crippen LogP contribution in [0, 0.1) is 0 Å². The molecule has 0 atom stereocenters. The van der Waals surface area contributed by atoms with Gasteiger partial charge in [0.05, 0.1) is 11.8 Å². The number of hydrogen-bond donors (Lipinski definition) is 1. The minimum Gasteiger partial charge on any atom is -0.472 e. The summed E-state index contributed by atoms with van der Waals surface area (Å²) in [5.74, 6) is -0.0568. The Morgan fingerprint density at radius 2 is 1.85 bits per heavy atom. The van der Waals surface area contributed by atoms with E-state index in [9.17, 15) is 9.59 Å². The molecule has 5 nitrogen and oxygen atoms in total. The quantitative estimate of drug-likeness (QED) is 0.918. The first-order valence-electron chi connectivity index (χ1n) is 7.35. The Morgan fingerprint density at radius 1 is 1.15 bits per heavy atom. The van der Waals surface area contributed by atoms with Crippen LogP contribution in [0.15, 0.2) is 23.0 Å². The Kier molecular flexibility index (Phi) is 5.65. The van der Waals surface area contributed by atoms with Crippen LogP contribution in [-0.2, 0) is 4.79 Å². The van der Waals surface area contributed by atoms with Crippen LogP contribution >= 0.6 is 0 Å². The van der Waals surface area contributed by atoms with Crippen molar-refractivity contribution in [1.82, 2.24) is 10.2 Å². The summed E-state index contributed by atoms with van der Waals surface area (Å²) >= 11 is 0. The zero-order valence-corrected chi connectivity index (χ0v) is 11.8. The number of furan rings is 1. The maximum atomic E-state index is 12.1. The summed E-state index contributed by atoms with van der Waals surface area (Å²) < 4.78 is 4.85. The molecular formula is C15H22N2O3. The number of carbonyl (C=O) groups is 2. The Balaban J connectivity index is 1.70. The number of rotatable bonds is 4. The lowest BCUT2D eigenvalue weighted by Gasteiger charge is -2.24. The third-order valence-corrected chi connectivity index (χ3v) is 3.62. The number of hydrogen-bond acceptors (Lipinski definition) is 3. The van der Waals surface area contributed by atoms with E-state index in [4.69, 9.17) is 4.42 Å². The van der Waals surface area contributed by atoms with Crippen LogP contribution in [-0.4, -0.2) is 36.3 Å². The van der Waals surface area contributed by atoms with E-state index in [-0.39, 0.29) is 11.8 Å². The molecule has 5 heteroatoms. The van der Waals surface area contributed by atoms with Crippen LogP contribution in [0.2, 0.25) is 0 Å². The van der Waals surface area contributed by atoms with Crippen molar-refractivity contribution in [3.05, 3.63) is 24.2 Å². The molecule has 1 aromatic rings. The van der Waals surface area contributed by atoms with Crippen molar-refractivity contribution in [2.24, 2.45) is 0 Å². The molecule has 0 aromatic carbocycles. The summed E-state index contributed by atoms with van der Waals surface area (Å²) in [4.78, 5) is 25.7. The number of amides is 2. The average molecular weight is 278 g/mol. The Bertz CT molecular complexity index is 420. The lowest BCUT2D eigenvalue weighted by molar-refractivity contribution is -0.131. The van der Waals surface area contributed by atoms with Gasteiger partial charge in [0.2, 0.25) is 5.91 Å². The predicted octanol–water partition coefficient (Wildman–Crippen LogP) is 2.19. The molecule has 2 heterocycles. The van der Waals surface area contributed by atoms with Crippen molar-refractivity contribution >= 4 is 11.8 Å². The zero-order valence-electron chi connectivity index (χ0n) is 11.8. The highest BCUT2D eigenvalue weighted by Crippen LogP contribution is 2.11. The summed E-state index contributed by atoms with van der Waals surface area (Å²) in [7, 11) is 0. The maximum Gasteiger partial charge on any atom is 0.254 e. The van der Waals surface area contributed by atoms with E-state index in [1.165, 1.54) is 31.8 Å². The van der Waals surface area contributed by atoms with Crippen molar-refractivity contribution in [2.75, 3.05) is 19.6 Å². The summed E-state index contributed by atoms with van der Waals surface area (Å²) in [5, 5.41) is 2.74. The minimum atomic E-state index is -0.195. The fourth-order valence-corrected chi connectivity index (χ4v) is 2.43.